The first-order valence-electron chi connectivity index (χ1n) is 7.34. The molecule has 0 aliphatic heterocycles. The fraction of sp³-hybridized carbons (Fsp3) is 0.0588. The van der Waals surface area contributed by atoms with Crippen molar-refractivity contribution in [2.45, 2.75) is 6.42 Å². The number of rotatable bonds is 4. The number of hydrogen-bond donors (Lipinski definition) is 0. The number of hydrogen-bond acceptors (Lipinski definition) is 6. The second-order valence-corrected chi connectivity index (χ2v) is 5.64. The van der Waals surface area contributed by atoms with Crippen molar-refractivity contribution < 1.29 is 13.3 Å². The Labute approximate surface area is 146 Å². The predicted molar refractivity (Wildman–Crippen MR) is 87.2 cm³/mol. The van der Waals surface area contributed by atoms with Crippen LogP contribution in [0.4, 0.5) is 4.39 Å². The lowest BCUT2D eigenvalue weighted by Gasteiger charge is -1.94. The van der Waals surface area contributed by atoms with Gasteiger partial charge in [0.1, 0.15) is 12.2 Å². The van der Waals surface area contributed by atoms with Gasteiger partial charge in [0.05, 0.1) is 0 Å². The van der Waals surface area contributed by atoms with Gasteiger partial charge in [-0.1, -0.05) is 16.8 Å². The van der Waals surface area contributed by atoms with Gasteiger partial charge in [0.25, 0.3) is 0 Å². The highest BCUT2D eigenvalue weighted by atomic mass is 35.5. The molecule has 0 atom stereocenters. The van der Waals surface area contributed by atoms with Crippen molar-refractivity contribution in [2.75, 3.05) is 0 Å². The summed E-state index contributed by atoms with van der Waals surface area (Å²) in [5, 5.41) is 12.5. The van der Waals surface area contributed by atoms with Crippen LogP contribution in [0.15, 0.2) is 57.5 Å². The molecule has 0 saturated heterocycles. The van der Waals surface area contributed by atoms with E-state index in [9.17, 15) is 4.39 Å². The third kappa shape index (κ3) is 3.41. The summed E-state index contributed by atoms with van der Waals surface area (Å²) in [5.74, 6) is 1.09. The van der Waals surface area contributed by atoms with Gasteiger partial charge in [0.2, 0.25) is 23.5 Å². The molecule has 0 unspecified atom stereocenters. The maximum atomic E-state index is 13.0. The molecule has 2 aromatic carbocycles. The molecule has 6 nitrogen and oxygen atoms in total. The third-order valence-electron chi connectivity index (χ3n) is 3.43. The van der Waals surface area contributed by atoms with Crippen LogP contribution in [0.1, 0.15) is 11.8 Å². The van der Waals surface area contributed by atoms with Crippen LogP contribution in [-0.4, -0.2) is 20.3 Å². The van der Waals surface area contributed by atoms with E-state index in [0.29, 0.717) is 34.1 Å². The zero-order valence-electron chi connectivity index (χ0n) is 12.7. The number of halogens is 2. The standard InChI is InChI=1S/C17H10ClFN4O2/c18-12-5-1-11(2-6-12)17-22-21-15(24-17)9-14-20-16(23-25-14)10-3-7-13(19)8-4-10/h1-8H,9H2. The van der Waals surface area contributed by atoms with E-state index in [4.69, 9.17) is 20.5 Å². The number of nitrogens with zero attached hydrogens (tertiary/aromatic N) is 4. The Morgan fingerprint density at radius 3 is 2.36 bits per heavy atom. The number of aromatic nitrogens is 4. The van der Waals surface area contributed by atoms with Crippen LogP contribution in [0.25, 0.3) is 22.8 Å². The molecule has 0 bridgehead atoms. The van der Waals surface area contributed by atoms with Gasteiger partial charge >= 0.3 is 0 Å². The summed E-state index contributed by atoms with van der Waals surface area (Å²) < 4.78 is 23.7. The zero-order chi connectivity index (χ0) is 17.2. The first-order chi connectivity index (χ1) is 12.2. The fourth-order valence-electron chi connectivity index (χ4n) is 2.21. The van der Waals surface area contributed by atoms with Crippen LogP contribution in [0, 0.1) is 5.82 Å². The quantitative estimate of drug-likeness (QED) is 0.546. The summed E-state index contributed by atoms with van der Waals surface area (Å²) in [4.78, 5) is 4.25. The SMILES string of the molecule is Fc1ccc(-c2noc(Cc3nnc(-c4ccc(Cl)cc4)o3)n2)cc1. The van der Waals surface area contributed by atoms with E-state index < -0.39 is 0 Å². The summed E-state index contributed by atoms with van der Waals surface area (Å²) in [6, 6.07) is 12.9. The Bertz CT molecular complexity index is 914. The van der Waals surface area contributed by atoms with Crippen LogP contribution >= 0.6 is 11.6 Å². The highest BCUT2D eigenvalue weighted by Gasteiger charge is 2.14. The molecular weight excluding hydrogens is 347 g/mol. The lowest BCUT2D eigenvalue weighted by molar-refractivity contribution is 0.374. The minimum absolute atomic E-state index is 0.203. The summed E-state index contributed by atoms with van der Waals surface area (Å²) in [5.41, 5.74) is 1.42. The van der Waals surface area contributed by atoms with Gasteiger partial charge < -0.3 is 8.94 Å². The van der Waals surface area contributed by atoms with Gasteiger partial charge in [-0.3, -0.25) is 0 Å². The molecule has 0 spiro atoms. The average Bonchev–Trinajstić information content (AvgIpc) is 3.27. The normalized spacial score (nSPS) is 11.0. The minimum atomic E-state index is -0.326. The molecule has 2 aromatic heterocycles. The molecule has 25 heavy (non-hydrogen) atoms. The monoisotopic (exact) mass is 356 g/mol. The van der Waals surface area contributed by atoms with Crippen molar-refractivity contribution >= 4 is 11.6 Å². The third-order valence-corrected chi connectivity index (χ3v) is 3.68. The second kappa shape index (κ2) is 6.45. The van der Waals surface area contributed by atoms with Crippen molar-refractivity contribution in [1.82, 2.24) is 20.3 Å². The zero-order valence-corrected chi connectivity index (χ0v) is 13.4. The Balaban J connectivity index is 1.51. The Kier molecular flexibility index (Phi) is 3.99. The molecule has 0 amide bonds. The Hall–Kier alpha value is -3.06. The largest absolute Gasteiger partial charge is 0.420 e. The lowest BCUT2D eigenvalue weighted by Crippen LogP contribution is -1.89. The van der Waals surface area contributed by atoms with Crippen LogP contribution < -0.4 is 0 Å². The molecule has 2 heterocycles. The fourth-order valence-corrected chi connectivity index (χ4v) is 2.33. The maximum absolute atomic E-state index is 13.0. The number of benzene rings is 2. The molecule has 0 fully saturated rings. The van der Waals surface area contributed by atoms with Gasteiger partial charge in [0, 0.05) is 16.1 Å². The van der Waals surface area contributed by atoms with Gasteiger partial charge in [-0.2, -0.15) is 4.98 Å². The van der Waals surface area contributed by atoms with Crippen molar-refractivity contribution in [3.8, 4) is 22.8 Å². The lowest BCUT2D eigenvalue weighted by atomic mass is 10.2. The molecule has 124 valence electrons. The van der Waals surface area contributed by atoms with E-state index in [0.717, 1.165) is 5.56 Å². The first-order valence-corrected chi connectivity index (χ1v) is 7.72. The smallest absolute Gasteiger partial charge is 0.247 e. The highest BCUT2D eigenvalue weighted by Crippen LogP contribution is 2.22. The van der Waals surface area contributed by atoms with Crippen LogP contribution in [-0.2, 0) is 6.42 Å². The van der Waals surface area contributed by atoms with Crippen molar-refractivity contribution in [2.24, 2.45) is 0 Å². The van der Waals surface area contributed by atoms with Crippen molar-refractivity contribution in [3.63, 3.8) is 0 Å². The molecule has 0 aliphatic rings. The van der Waals surface area contributed by atoms with E-state index in [-0.39, 0.29) is 12.2 Å². The van der Waals surface area contributed by atoms with Gasteiger partial charge in [-0.25, -0.2) is 4.39 Å². The molecule has 0 saturated carbocycles. The van der Waals surface area contributed by atoms with E-state index in [1.807, 2.05) is 0 Å². The van der Waals surface area contributed by atoms with Crippen LogP contribution in [0.3, 0.4) is 0 Å². The van der Waals surface area contributed by atoms with Crippen molar-refractivity contribution in [3.05, 3.63) is 71.2 Å². The molecule has 0 N–H and O–H groups in total. The van der Waals surface area contributed by atoms with Crippen molar-refractivity contribution in [1.29, 1.82) is 0 Å². The molecule has 0 aliphatic carbocycles. The first kappa shape index (κ1) is 15.5. The summed E-state index contributed by atoms with van der Waals surface area (Å²) in [6.07, 6.45) is 0.203. The summed E-state index contributed by atoms with van der Waals surface area (Å²) in [7, 11) is 0. The summed E-state index contributed by atoms with van der Waals surface area (Å²) in [6.45, 7) is 0. The van der Waals surface area contributed by atoms with E-state index in [1.165, 1.54) is 12.1 Å². The molecule has 4 rings (SSSR count). The topological polar surface area (TPSA) is 77.8 Å². The van der Waals surface area contributed by atoms with Gasteiger partial charge in [-0.15, -0.1) is 10.2 Å². The molecule has 4 aromatic rings. The summed E-state index contributed by atoms with van der Waals surface area (Å²) >= 11 is 5.86. The van der Waals surface area contributed by atoms with E-state index in [1.54, 1.807) is 36.4 Å². The van der Waals surface area contributed by atoms with Crippen LogP contribution in [0.5, 0.6) is 0 Å². The molecular formula is C17H10ClFN4O2. The van der Waals surface area contributed by atoms with Gasteiger partial charge in [-0.05, 0) is 48.5 Å². The van der Waals surface area contributed by atoms with E-state index in [2.05, 4.69) is 20.3 Å². The van der Waals surface area contributed by atoms with Crippen LogP contribution in [0.2, 0.25) is 5.02 Å². The predicted octanol–water partition coefficient (Wildman–Crippen LogP) is 4.17. The second-order valence-electron chi connectivity index (χ2n) is 5.20. The maximum Gasteiger partial charge on any atom is 0.247 e. The minimum Gasteiger partial charge on any atom is -0.420 e. The highest BCUT2D eigenvalue weighted by molar-refractivity contribution is 6.30. The molecule has 0 radical (unpaired) electrons. The average molecular weight is 357 g/mol. The Morgan fingerprint density at radius 1 is 0.880 bits per heavy atom. The Morgan fingerprint density at radius 2 is 1.60 bits per heavy atom. The van der Waals surface area contributed by atoms with E-state index >= 15 is 0 Å². The van der Waals surface area contributed by atoms with Gasteiger partial charge in [0.15, 0.2) is 0 Å². The molecule has 8 heteroatoms.